The van der Waals surface area contributed by atoms with Crippen LogP contribution in [0.5, 0.6) is 0 Å². The summed E-state index contributed by atoms with van der Waals surface area (Å²) in [6.45, 7) is 1.11. The number of nitrogens with zero attached hydrogens (tertiary/aromatic N) is 2. The first-order valence-corrected chi connectivity index (χ1v) is 15.9. The zero-order chi connectivity index (χ0) is 31.1. The van der Waals surface area contributed by atoms with Crippen molar-refractivity contribution in [1.29, 1.82) is 0 Å². The van der Waals surface area contributed by atoms with E-state index < -0.39 is 34.4 Å². The van der Waals surface area contributed by atoms with Gasteiger partial charge in [-0.3, -0.25) is 13.9 Å². The van der Waals surface area contributed by atoms with Crippen LogP contribution in [0.1, 0.15) is 16.7 Å². The fourth-order valence-corrected chi connectivity index (χ4v) is 6.73. The highest BCUT2D eigenvalue weighted by Crippen LogP contribution is 2.30. The quantitative estimate of drug-likeness (QED) is 0.198. The predicted molar refractivity (Wildman–Crippen MR) is 172 cm³/mol. The highest BCUT2D eigenvalue weighted by Gasteiger charge is 2.34. The van der Waals surface area contributed by atoms with E-state index in [0.29, 0.717) is 21.2 Å². The smallest absolute Gasteiger partial charge is 0.264 e. The average molecular weight is 659 g/mol. The van der Waals surface area contributed by atoms with Crippen molar-refractivity contribution in [3.63, 3.8) is 0 Å². The van der Waals surface area contributed by atoms with Crippen LogP contribution in [0.15, 0.2) is 102 Å². The molecule has 43 heavy (non-hydrogen) atoms. The highest BCUT2D eigenvalue weighted by molar-refractivity contribution is 7.92. The van der Waals surface area contributed by atoms with Crippen LogP contribution in [0.4, 0.5) is 5.69 Å². The van der Waals surface area contributed by atoms with Gasteiger partial charge in [0.2, 0.25) is 11.8 Å². The molecular weight excluding hydrogens is 629 g/mol. The van der Waals surface area contributed by atoms with Gasteiger partial charge in [0.1, 0.15) is 12.6 Å². The molecule has 7 nitrogen and oxygen atoms in total. The number of carbonyl (C=O) groups excluding carboxylic acids is 2. The van der Waals surface area contributed by atoms with Gasteiger partial charge in [0, 0.05) is 25.0 Å². The van der Waals surface area contributed by atoms with Crippen LogP contribution in [0, 0.1) is 6.92 Å². The summed E-state index contributed by atoms with van der Waals surface area (Å²) in [6.07, 6.45) is 0.193. The molecule has 2 amide bonds. The number of likely N-dealkylation sites (N-methyl/N-ethyl adjacent to an activating group) is 1. The van der Waals surface area contributed by atoms with Gasteiger partial charge in [-0.1, -0.05) is 89.4 Å². The maximum absolute atomic E-state index is 14.3. The first kappa shape index (κ1) is 32.4. The summed E-state index contributed by atoms with van der Waals surface area (Å²) in [7, 11) is -2.72. The Morgan fingerprint density at radius 1 is 0.814 bits per heavy atom. The van der Waals surface area contributed by atoms with E-state index in [2.05, 4.69) is 5.32 Å². The van der Waals surface area contributed by atoms with E-state index in [1.807, 2.05) is 30.3 Å². The van der Waals surface area contributed by atoms with Crippen molar-refractivity contribution in [2.45, 2.75) is 30.8 Å². The van der Waals surface area contributed by atoms with E-state index in [-0.39, 0.29) is 28.6 Å². The second-order valence-electron chi connectivity index (χ2n) is 9.85. The van der Waals surface area contributed by atoms with Crippen LogP contribution in [0.3, 0.4) is 0 Å². The first-order valence-electron chi connectivity index (χ1n) is 13.3. The number of sulfonamides is 1. The first-order chi connectivity index (χ1) is 20.5. The van der Waals surface area contributed by atoms with Crippen LogP contribution in [0.2, 0.25) is 15.1 Å². The summed E-state index contributed by atoms with van der Waals surface area (Å²) in [5.41, 5.74) is 2.29. The SMILES string of the molecule is CNC(=O)[C@@H](Cc1ccccc1)N(Cc1ccc(Cl)c(Cl)c1)C(=O)CN(c1ccc(Cl)cc1C)S(=O)(=O)c1ccccc1. The van der Waals surface area contributed by atoms with Crippen molar-refractivity contribution >= 4 is 62.3 Å². The van der Waals surface area contributed by atoms with Crippen LogP contribution < -0.4 is 9.62 Å². The molecule has 1 N–H and O–H groups in total. The lowest BCUT2D eigenvalue weighted by molar-refractivity contribution is -0.139. The summed E-state index contributed by atoms with van der Waals surface area (Å²) in [5, 5.41) is 3.71. The van der Waals surface area contributed by atoms with Crippen LogP contribution in [0.25, 0.3) is 0 Å². The van der Waals surface area contributed by atoms with Gasteiger partial charge in [-0.15, -0.1) is 0 Å². The molecule has 0 bridgehead atoms. The van der Waals surface area contributed by atoms with Gasteiger partial charge in [0.05, 0.1) is 20.6 Å². The molecule has 4 aromatic rings. The summed E-state index contributed by atoms with van der Waals surface area (Å²) < 4.78 is 29.1. The zero-order valence-electron chi connectivity index (χ0n) is 23.5. The summed E-state index contributed by atoms with van der Waals surface area (Å²) in [4.78, 5) is 29.1. The third-order valence-corrected chi connectivity index (χ3v) is 9.64. The Kier molecular flexibility index (Phi) is 10.7. The van der Waals surface area contributed by atoms with Crippen molar-refractivity contribution in [2.24, 2.45) is 0 Å². The third kappa shape index (κ3) is 7.89. The van der Waals surface area contributed by atoms with E-state index >= 15 is 0 Å². The van der Waals surface area contributed by atoms with Gasteiger partial charge >= 0.3 is 0 Å². The molecule has 0 aliphatic heterocycles. The van der Waals surface area contributed by atoms with E-state index in [1.54, 1.807) is 61.5 Å². The van der Waals surface area contributed by atoms with Gasteiger partial charge < -0.3 is 10.2 Å². The predicted octanol–water partition coefficient (Wildman–Crippen LogP) is 6.54. The average Bonchev–Trinajstić information content (AvgIpc) is 3.00. The van der Waals surface area contributed by atoms with Gasteiger partial charge in [0.25, 0.3) is 10.0 Å². The van der Waals surface area contributed by atoms with Crippen molar-refractivity contribution in [1.82, 2.24) is 10.2 Å². The standard InChI is InChI=1S/C32H30Cl3N3O4S/c1-22-17-25(33)14-16-29(22)38(43(41,42)26-11-7-4-8-12-26)21-31(39)37(20-24-13-15-27(34)28(35)18-24)30(32(40)36-2)19-23-9-5-3-6-10-23/h3-18,30H,19-21H2,1-2H3,(H,36,40)/t30-/m1/s1. The molecule has 0 aliphatic carbocycles. The maximum atomic E-state index is 14.3. The second kappa shape index (κ2) is 14.3. The molecule has 0 aliphatic rings. The fourth-order valence-electron chi connectivity index (χ4n) is 4.69. The number of anilines is 1. The monoisotopic (exact) mass is 657 g/mol. The fraction of sp³-hybridized carbons (Fsp3) is 0.188. The van der Waals surface area contributed by atoms with E-state index in [9.17, 15) is 18.0 Å². The van der Waals surface area contributed by atoms with Gasteiger partial charge in [-0.05, 0) is 66.1 Å². The molecule has 0 heterocycles. The Labute approximate surface area is 267 Å². The van der Waals surface area contributed by atoms with Gasteiger partial charge in [-0.25, -0.2) is 8.42 Å². The molecule has 4 rings (SSSR count). The molecule has 0 aromatic heterocycles. The number of benzene rings is 4. The number of carbonyl (C=O) groups is 2. The van der Waals surface area contributed by atoms with Gasteiger partial charge in [-0.2, -0.15) is 0 Å². The minimum Gasteiger partial charge on any atom is -0.357 e. The number of aryl methyl sites for hydroxylation is 1. The number of nitrogens with one attached hydrogen (secondary N) is 1. The van der Waals surface area contributed by atoms with Crippen LogP contribution in [-0.2, 0) is 32.6 Å². The van der Waals surface area contributed by atoms with Crippen LogP contribution in [-0.4, -0.2) is 44.8 Å². The molecule has 1 atom stereocenters. The van der Waals surface area contributed by atoms with Crippen molar-refractivity contribution in [2.75, 3.05) is 17.9 Å². The highest BCUT2D eigenvalue weighted by atomic mass is 35.5. The largest absolute Gasteiger partial charge is 0.357 e. The Morgan fingerprint density at radius 2 is 1.47 bits per heavy atom. The normalized spacial score (nSPS) is 11.9. The topological polar surface area (TPSA) is 86.8 Å². The molecule has 11 heteroatoms. The lowest BCUT2D eigenvalue weighted by Gasteiger charge is -2.34. The minimum atomic E-state index is -4.21. The number of hydrogen-bond acceptors (Lipinski definition) is 4. The summed E-state index contributed by atoms with van der Waals surface area (Å²) >= 11 is 18.6. The molecule has 0 unspecified atom stereocenters. The molecule has 0 saturated heterocycles. The summed E-state index contributed by atoms with van der Waals surface area (Å²) in [5.74, 6) is -0.998. The van der Waals surface area contributed by atoms with Gasteiger partial charge in [0.15, 0.2) is 0 Å². The number of hydrogen-bond donors (Lipinski definition) is 1. The third-order valence-electron chi connectivity index (χ3n) is 6.89. The van der Waals surface area contributed by atoms with E-state index in [1.165, 1.54) is 24.1 Å². The van der Waals surface area contributed by atoms with Crippen molar-refractivity contribution in [3.05, 3.63) is 129 Å². The molecule has 224 valence electrons. The Balaban J connectivity index is 1.82. The molecular formula is C32H30Cl3N3O4S. The molecule has 0 fully saturated rings. The Morgan fingerprint density at radius 3 is 2.07 bits per heavy atom. The lowest BCUT2D eigenvalue weighted by atomic mass is 10.0. The number of amides is 2. The Hall–Kier alpha value is -3.56. The second-order valence-corrected chi connectivity index (χ2v) is 13.0. The molecule has 0 saturated carbocycles. The van der Waals surface area contributed by atoms with Crippen molar-refractivity contribution < 1.29 is 18.0 Å². The van der Waals surface area contributed by atoms with E-state index in [0.717, 1.165) is 9.87 Å². The number of halogens is 3. The molecule has 4 aromatic carbocycles. The maximum Gasteiger partial charge on any atom is 0.264 e. The summed E-state index contributed by atoms with van der Waals surface area (Å²) in [6, 6.07) is 25.9. The Bertz CT molecular complexity index is 1700. The number of rotatable bonds is 11. The lowest BCUT2D eigenvalue weighted by Crippen LogP contribution is -2.53. The molecule has 0 spiro atoms. The van der Waals surface area contributed by atoms with Crippen LogP contribution >= 0.6 is 34.8 Å². The molecule has 0 radical (unpaired) electrons. The minimum absolute atomic E-state index is 0.0142. The van der Waals surface area contributed by atoms with E-state index in [4.69, 9.17) is 34.8 Å². The zero-order valence-corrected chi connectivity index (χ0v) is 26.6. The van der Waals surface area contributed by atoms with Crippen molar-refractivity contribution in [3.8, 4) is 0 Å².